The van der Waals surface area contributed by atoms with E-state index in [1.165, 1.54) is 25.7 Å². The number of methoxy groups -OCH3 is 1. The molecule has 1 N–H and O–H groups in total. The van der Waals surface area contributed by atoms with Crippen molar-refractivity contribution in [1.29, 1.82) is 0 Å². The number of benzene rings is 1. The zero-order chi connectivity index (χ0) is 14.1. The van der Waals surface area contributed by atoms with Crippen molar-refractivity contribution < 1.29 is 14.6 Å². The van der Waals surface area contributed by atoms with Gasteiger partial charge in [-0.3, -0.25) is 0 Å². The molecule has 3 heteroatoms. The normalized spacial score (nSPS) is 29.4. The Labute approximate surface area is 120 Å². The smallest absolute Gasteiger partial charge is 0.128 e. The minimum absolute atomic E-state index is 0.518. The lowest BCUT2D eigenvalue weighted by molar-refractivity contribution is 0.172. The van der Waals surface area contributed by atoms with Crippen LogP contribution in [0, 0.1) is 17.8 Å². The van der Waals surface area contributed by atoms with Crippen LogP contribution in [0.25, 0.3) is 0 Å². The highest BCUT2D eigenvalue weighted by Gasteiger charge is 2.39. The van der Waals surface area contributed by atoms with Gasteiger partial charge in [-0.05, 0) is 56.1 Å². The summed E-state index contributed by atoms with van der Waals surface area (Å²) < 4.78 is 11.3. The Balaban J connectivity index is 1.69. The fraction of sp³-hybridized carbons (Fsp3) is 0.647. The lowest BCUT2D eigenvalue weighted by atomic mass is 9.89. The Morgan fingerprint density at radius 2 is 2.15 bits per heavy atom. The summed E-state index contributed by atoms with van der Waals surface area (Å²) in [6.07, 6.45) is 4.99. The van der Waals surface area contributed by atoms with Crippen LogP contribution in [0.4, 0.5) is 0 Å². The van der Waals surface area contributed by atoms with Crippen molar-refractivity contribution in [2.45, 2.75) is 38.7 Å². The van der Waals surface area contributed by atoms with Crippen LogP contribution in [-0.2, 0) is 0 Å². The zero-order valence-corrected chi connectivity index (χ0v) is 12.3. The van der Waals surface area contributed by atoms with Crippen molar-refractivity contribution in [3.63, 3.8) is 0 Å². The Hall–Kier alpha value is -1.22. The second-order valence-electron chi connectivity index (χ2n) is 6.33. The molecule has 0 radical (unpaired) electrons. The van der Waals surface area contributed by atoms with Crippen molar-refractivity contribution in [1.82, 2.24) is 0 Å². The van der Waals surface area contributed by atoms with Crippen molar-refractivity contribution >= 4 is 0 Å². The summed E-state index contributed by atoms with van der Waals surface area (Å²) in [4.78, 5) is 0. The molecular formula is C17H24O3. The van der Waals surface area contributed by atoms with E-state index >= 15 is 0 Å². The van der Waals surface area contributed by atoms with Gasteiger partial charge in [0.1, 0.15) is 11.5 Å². The summed E-state index contributed by atoms with van der Waals surface area (Å²) in [5, 5.41) is 9.84. The van der Waals surface area contributed by atoms with E-state index in [1.54, 1.807) is 14.0 Å². The molecule has 4 atom stereocenters. The van der Waals surface area contributed by atoms with Crippen LogP contribution in [0.1, 0.15) is 44.3 Å². The van der Waals surface area contributed by atoms with Crippen LogP contribution in [0.3, 0.4) is 0 Å². The van der Waals surface area contributed by atoms with Crippen LogP contribution in [0.5, 0.6) is 11.5 Å². The predicted molar refractivity (Wildman–Crippen MR) is 78.1 cm³/mol. The average molecular weight is 276 g/mol. The molecule has 110 valence electrons. The molecule has 0 aliphatic heterocycles. The Bertz CT molecular complexity index is 469. The van der Waals surface area contributed by atoms with Gasteiger partial charge >= 0.3 is 0 Å². The second kappa shape index (κ2) is 5.65. The number of rotatable bonds is 5. The summed E-state index contributed by atoms with van der Waals surface area (Å²) in [7, 11) is 1.65. The lowest BCUT2D eigenvalue weighted by Gasteiger charge is -2.23. The van der Waals surface area contributed by atoms with Gasteiger partial charge in [0, 0.05) is 11.6 Å². The van der Waals surface area contributed by atoms with E-state index < -0.39 is 6.10 Å². The second-order valence-corrected chi connectivity index (χ2v) is 6.33. The van der Waals surface area contributed by atoms with Gasteiger partial charge in [0.2, 0.25) is 0 Å². The van der Waals surface area contributed by atoms with Gasteiger partial charge in [0.25, 0.3) is 0 Å². The minimum Gasteiger partial charge on any atom is -0.497 e. The maximum absolute atomic E-state index is 9.84. The summed E-state index contributed by atoms with van der Waals surface area (Å²) in [6.45, 7) is 2.54. The molecular weight excluding hydrogens is 252 g/mol. The van der Waals surface area contributed by atoms with Crippen molar-refractivity contribution in [3.05, 3.63) is 23.8 Å². The van der Waals surface area contributed by atoms with Gasteiger partial charge in [0.15, 0.2) is 0 Å². The van der Waals surface area contributed by atoms with E-state index in [4.69, 9.17) is 9.47 Å². The molecule has 2 saturated carbocycles. The lowest BCUT2D eigenvalue weighted by Crippen LogP contribution is -2.19. The van der Waals surface area contributed by atoms with E-state index in [1.807, 2.05) is 18.2 Å². The molecule has 20 heavy (non-hydrogen) atoms. The number of aliphatic hydroxyl groups excluding tert-OH is 1. The molecule has 1 aromatic carbocycles. The number of aliphatic hydroxyl groups is 1. The first-order valence-electron chi connectivity index (χ1n) is 7.66. The van der Waals surface area contributed by atoms with E-state index in [-0.39, 0.29) is 0 Å². The largest absolute Gasteiger partial charge is 0.497 e. The third kappa shape index (κ3) is 2.64. The first-order chi connectivity index (χ1) is 9.67. The molecule has 1 aromatic rings. The molecule has 0 aromatic heterocycles. The van der Waals surface area contributed by atoms with Crippen LogP contribution in [0.2, 0.25) is 0 Å². The highest BCUT2D eigenvalue weighted by Crippen LogP contribution is 2.48. The third-order valence-corrected chi connectivity index (χ3v) is 5.01. The van der Waals surface area contributed by atoms with Crippen molar-refractivity contribution in [3.8, 4) is 11.5 Å². The van der Waals surface area contributed by atoms with Gasteiger partial charge in [-0.25, -0.2) is 0 Å². The molecule has 2 bridgehead atoms. The predicted octanol–water partition coefficient (Wildman–Crippen LogP) is 3.56. The molecule has 2 aliphatic rings. The fourth-order valence-corrected chi connectivity index (χ4v) is 3.89. The van der Waals surface area contributed by atoms with E-state index in [2.05, 4.69) is 0 Å². The molecule has 0 amide bonds. The maximum Gasteiger partial charge on any atom is 0.128 e. The summed E-state index contributed by atoms with van der Waals surface area (Å²) in [5.74, 6) is 4.04. The molecule has 0 heterocycles. The summed E-state index contributed by atoms with van der Waals surface area (Å²) >= 11 is 0. The minimum atomic E-state index is -0.518. The Kier molecular flexibility index (Phi) is 3.88. The Morgan fingerprint density at radius 1 is 1.30 bits per heavy atom. The molecule has 4 unspecified atom stereocenters. The maximum atomic E-state index is 9.84. The van der Waals surface area contributed by atoms with Crippen LogP contribution < -0.4 is 9.47 Å². The Morgan fingerprint density at radius 3 is 2.75 bits per heavy atom. The number of hydrogen-bond donors (Lipinski definition) is 1. The van der Waals surface area contributed by atoms with Crippen molar-refractivity contribution in [2.75, 3.05) is 13.7 Å². The fourth-order valence-electron chi connectivity index (χ4n) is 3.89. The highest BCUT2D eigenvalue weighted by molar-refractivity contribution is 5.41. The van der Waals surface area contributed by atoms with Gasteiger partial charge < -0.3 is 14.6 Å². The molecule has 3 nitrogen and oxygen atoms in total. The van der Waals surface area contributed by atoms with Gasteiger partial charge in [0.05, 0.1) is 19.8 Å². The van der Waals surface area contributed by atoms with E-state index in [0.29, 0.717) is 5.92 Å². The van der Waals surface area contributed by atoms with Crippen molar-refractivity contribution in [2.24, 2.45) is 17.8 Å². The topological polar surface area (TPSA) is 38.7 Å². The molecule has 2 fully saturated rings. The van der Waals surface area contributed by atoms with Gasteiger partial charge in [-0.1, -0.05) is 6.42 Å². The summed E-state index contributed by atoms with van der Waals surface area (Å²) in [6, 6.07) is 5.64. The molecule has 3 rings (SSSR count). The standard InChI is InChI=1S/C17H24O3/c1-11(18)16-6-5-15(19-2)9-17(16)20-10-14-8-12-3-4-13(14)7-12/h5-6,9,11-14,18H,3-4,7-8,10H2,1-2H3. The first kappa shape index (κ1) is 13.7. The molecule has 0 spiro atoms. The monoisotopic (exact) mass is 276 g/mol. The quantitative estimate of drug-likeness (QED) is 0.893. The zero-order valence-electron chi connectivity index (χ0n) is 12.3. The third-order valence-electron chi connectivity index (χ3n) is 5.01. The highest BCUT2D eigenvalue weighted by atomic mass is 16.5. The number of ether oxygens (including phenoxy) is 2. The molecule has 0 saturated heterocycles. The van der Waals surface area contributed by atoms with Crippen LogP contribution in [-0.4, -0.2) is 18.8 Å². The van der Waals surface area contributed by atoms with Crippen LogP contribution >= 0.6 is 0 Å². The summed E-state index contributed by atoms with van der Waals surface area (Å²) in [5.41, 5.74) is 0.842. The van der Waals surface area contributed by atoms with E-state index in [0.717, 1.165) is 35.5 Å². The first-order valence-corrected chi connectivity index (χ1v) is 7.66. The number of fused-ring (bicyclic) bond motifs is 2. The average Bonchev–Trinajstić information content (AvgIpc) is 3.07. The van der Waals surface area contributed by atoms with Crippen LogP contribution in [0.15, 0.2) is 18.2 Å². The molecule has 2 aliphatic carbocycles. The van der Waals surface area contributed by atoms with Gasteiger partial charge in [-0.15, -0.1) is 0 Å². The van der Waals surface area contributed by atoms with Gasteiger partial charge in [-0.2, -0.15) is 0 Å². The number of hydrogen-bond acceptors (Lipinski definition) is 3. The SMILES string of the molecule is COc1ccc(C(C)O)c(OCC2CC3CCC2C3)c1. The van der Waals surface area contributed by atoms with E-state index in [9.17, 15) is 5.11 Å².